The Bertz CT molecular complexity index is 1020. The Labute approximate surface area is 170 Å². The van der Waals surface area contributed by atoms with E-state index in [4.69, 9.17) is 5.11 Å². The molecule has 1 amide bonds. The molecule has 3 aromatic rings. The average Bonchev–Trinajstić information content (AvgIpc) is 2.73. The van der Waals surface area contributed by atoms with Crippen LogP contribution in [0.25, 0.3) is 10.8 Å². The summed E-state index contributed by atoms with van der Waals surface area (Å²) in [6, 6.07) is 19.3. The molecule has 1 atom stereocenters. The number of amides is 1. The number of fused-ring (bicyclic) bond motifs is 1. The first-order valence-electron chi connectivity index (χ1n) is 9.72. The van der Waals surface area contributed by atoms with Gasteiger partial charge in [-0.15, -0.1) is 0 Å². The molecule has 3 aromatic carbocycles. The Morgan fingerprint density at radius 1 is 1.03 bits per heavy atom. The highest BCUT2D eigenvalue weighted by Gasteiger charge is 2.19. The first kappa shape index (κ1) is 20.6. The topological polar surface area (TPSA) is 86.6 Å². The van der Waals surface area contributed by atoms with Gasteiger partial charge in [-0.1, -0.05) is 54.6 Å². The summed E-state index contributed by atoms with van der Waals surface area (Å²) in [6.45, 7) is 1.74. The number of hydrogen-bond acceptors (Lipinski definition) is 3. The molecular weight excluding hydrogens is 366 g/mol. The molecule has 29 heavy (non-hydrogen) atoms. The van der Waals surface area contributed by atoms with Crippen LogP contribution in [0, 0.1) is 0 Å². The van der Waals surface area contributed by atoms with E-state index in [0.717, 1.165) is 21.9 Å². The number of nitrogens with one attached hydrogen (secondary N) is 1. The zero-order chi connectivity index (χ0) is 20.8. The van der Waals surface area contributed by atoms with Crippen molar-refractivity contribution in [1.29, 1.82) is 0 Å². The molecule has 0 aliphatic heterocycles. The molecule has 3 rings (SSSR count). The van der Waals surface area contributed by atoms with Gasteiger partial charge >= 0.3 is 5.97 Å². The van der Waals surface area contributed by atoms with Crippen LogP contribution in [0.1, 0.15) is 42.4 Å². The van der Waals surface area contributed by atoms with Crippen LogP contribution >= 0.6 is 0 Å². The molecule has 5 heteroatoms. The number of anilines is 1. The SMILES string of the molecule is CC(C(=O)Nc1cc(CO)ccc1CCCC(=O)O)c1cccc2ccccc12. The first-order chi connectivity index (χ1) is 14.0. The van der Waals surface area contributed by atoms with Gasteiger partial charge in [-0.3, -0.25) is 9.59 Å². The summed E-state index contributed by atoms with van der Waals surface area (Å²) in [5.41, 5.74) is 3.13. The summed E-state index contributed by atoms with van der Waals surface area (Å²) in [4.78, 5) is 23.8. The van der Waals surface area contributed by atoms with Crippen molar-refractivity contribution in [3.05, 3.63) is 77.4 Å². The molecule has 0 aromatic heterocycles. The molecular formula is C24H25NO4. The van der Waals surface area contributed by atoms with Crippen LogP contribution in [0.15, 0.2) is 60.7 Å². The van der Waals surface area contributed by atoms with Crippen LogP contribution in [0.2, 0.25) is 0 Å². The average molecular weight is 391 g/mol. The summed E-state index contributed by atoms with van der Waals surface area (Å²) in [5, 5.41) is 23.4. The van der Waals surface area contributed by atoms with E-state index in [0.29, 0.717) is 24.1 Å². The third kappa shape index (κ3) is 5.00. The number of aliphatic carboxylic acids is 1. The number of carboxylic acids is 1. The van der Waals surface area contributed by atoms with E-state index in [-0.39, 0.29) is 24.9 Å². The van der Waals surface area contributed by atoms with Crippen LogP contribution < -0.4 is 5.32 Å². The van der Waals surface area contributed by atoms with E-state index >= 15 is 0 Å². The first-order valence-corrected chi connectivity index (χ1v) is 9.72. The van der Waals surface area contributed by atoms with Gasteiger partial charge in [0, 0.05) is 12.1 Å². The number of hydrogen-bond donors (Lipinski definition) is 3. The van der Waals surface area contributed by atoms with Gasteiger partial charge in [0.2, 0.25) is 5.91 Å². The maximum atomic E-state index is 13.0. The minimum atomic E-state index is -0.841. The molecule has 0 saturated carbocycles. The van der Waals surface area contributed by atoms with Crippen molar-refractivity contribution in [3.8, 4) is 0 Å². The fraction of sp³-hybridized carbons (Fsp3) is 0.250. The molecule has 0 aliphatic rings. The lowest BCUT2D eigenvalue weighted by molar-refractivity contribution is -0.137. The maximum absolute atomic E-state index is 13.0. The number of aliphatic hydroxyl groups excluding tert-OH is 1. The van der Waals surface area contributed by atoms with E-state index < -0.39 is 5.97 Å². The summed E-state index contributed by atoms with van der Waals surface area (Å²) in [6.07, 6.45) is 1.09. The van der Waals surface area contributed by atoms with Gasteiger partial charge in [-0.25, -0.2) is 0 Å². The Morgan fingerprint density at radius 3 is 2.55 bits per heavy atom. The highest BCUT2D eigenvalue weighted by atomic mass is 16.4. The molecule has 0 aliphatic carbocycles. The van der Waals surface area contributed by atoms with Crippen molar-refractivity contribution in [2.75, 3.05) is 5.32 Å². The normalized spacial score (nSPS) is 11.9. The zero-order valence-corrected chi connectivity index (χ0v) is 16.4. The lowest BCUT2D eigenvalue weighted by Crippen LogP contribution is -2.20. The van der Waals surface area contributed by atoms with Gasteiger partial charge in [0.25, 0.3) is 0 Å². The summed E-state index contributed by atoms with van der Waals surface area (Å²) in [5.74, 6) is -1.35. The molecule has 150 valence electrons. The lowest BCUT2D eigenvalue weighted by atomic mass is 9.94. The number of benzene rings is 3. The quantitative estimate of drug-likeness (QED) is 0.528. The molecule has 0 saturated heterocycles. The zero-order valence-electron chi connectivity index (χ0n) is 16.4. The fourth-order valence-corrected chi connectivity index (χ4v) is 3.50. The van der Waals surface area contributed by atoms with Gasteiger partial charge < -0.3 is 15.5 Å². The number of carbonyl (C=O) groups excluding carboxylic acids is 1. The Balaban J connectivity index is 1.84. The summed E-state index contributed by atoms with van der Waals surface area (Å²) < 4.78 is 0. The van der Waals surface area contributed by atoms with E-state index in [9.17, 15) is 14.7 Å². The number of rotatable bonds is 8. The lowest BCUT2D eigenvalue weighted by Gasteiger charge is -2.17. The highest BCUT2D eigenvalue weighted by molar-refractivity contribution is 5.99. The van der Waals surface area contributed by atoms with Crippen molar-refractivity contribution < 1.29 is 19.8 Å². The number of aliphatic hydroxyl groups is 1. The Morgan fingerprint density at radius 2 is 1.79 bits per heavy atom. The molecule has 3 N–H and O–H groups in total. The minimum absolute atomic E-state index is 0.0710. The standard InChI is InChI=1S/C24H25NO4/c1-16(20-10-4-7-18-6-2-3-9-21(18)20)24(29)25-22-14-17(15-26)12-13-19(22)8-5-11-23(27)28/h2-4,6-7,9-10,12-14,16,26H,5,8,11,15H2,1H3,(H,25,29)(H,27,28). The van der Waals surface area contributed by atoms with E-state index in [1.165, 1.54) is 0 Å². The largest absolute Gasteiger partial charge is 0.481 e. The van der Waals surface area contributed by atoms with Gasteiger partial charge in [-0.2, -0.15) is 0 Å². The van der Waals surface area contributed by atoms with Gasteiger partial charge in [0.05, 0.1) is 12.5 Å². The second kappa shape index (κ2) is 9.34. The van der Waals surface area contributed by atoms with E-state index in [1.807, 2.05) is 55.5 Å². The second-order valence-corrected chi connectivity index (χ2v) is 7.18. The van der Waals surface area contributed by atoms with Crippen LogP contribution in [0.5, 0.6) is 0 Å². The van der Waals surface area contributed by atoms with Gasteiger partial charge in [0.1, 0.15) is 0 Å². The van der Waals surface area contributed by atoms with E-state index in [2.05, 4.69) is 5.32 Å². The highest BCUT2D eigenvalue weighted by Crippen LogP contribution is 2.28. The van der Waals surface area contributed by atoms with Crippen LogP contribution in [-0.2, 0) is 22.6 Å². The smallest absolute Gasteiger partial charge is 0.303 e. The van der Waals surface area contributed by atoms with Crippen LogP contribution in [-0.4, -0.2) is 22.1 Å². The fourth-order valence-electron chi connectivity index (χ4n) is 3.50. The Hall–Kier alpha value is -3.18. The third-order valence-electron chi connectivity index (χ3n) is 5.13. The number of carboxylic acid groups (broad SMARTS) is 1. The molecule has 0 radical (unpaired) electrons. The third-order valence-corrected chi connectivity index (χ3v) is 5.13. The van der Waals surface area contributed by atoms with Crippen molar-refractivity contribution in [1.82, 2.24) is 0 Å². The van der Waals surface area contributed by atoms with Crippen LogP contribution in [0.4, 0.5) is 5.69 Å². The summed E-state index contributed by atoms with van der Waals surface area (Å²) in [7, 11) is 0. The number of carbonyl (C=O) groups is 2. The Kier molecular flexibility index (Phi) is 6.62. The van der Waals surface area contributed by atoms with Gasteiger partial charge in [-0.05, 0) is 53.3 Å². The van der Waals surface area contributed by atoms with E-state index in [1.54, 1.807) is 12.1 Å². The molecule has 5 nitrogen and oxygen atoms in total. The molecule has 1 unspecified atom stereocenters. The van der Waals surface area contributed by atoms with Crippen molar-refractivity contribution in [2.45, 2.75) is 38.7 Å². The van der Waals surface area contributed by atoms with Crippen LogP contribution in [0.3, 0.4) is 0 Å². The van der Waals surface area contributed by atoms with Crippen molar-refractivity contribution >= 4 is 28.3 Å². The molecule has 0 heterocycles. The molecule has 0 bridgehead atoms. The van der Waals surface area contributed by atoms with Crippen molar-refractivity contribution in [3.63, 3.8) is 0 Å². The molecule has 0 fully saturated rings. The monoisotopic (exact) mass is 391 g/mol. The molecule has 0 spiro atoms. The predicted molar refractivity (Wildman–Crippen MR) is 114 cm³/mol. The maximum Gasteiger partial charge on any atom is 0.303 e. The minimum Gasteiger partial charge on any atom is -0.481 e. The number of aryl methyl sites for hydroxylation is 1. The van der Waals surface area contributed by atoms with Crippen molar-refractivity contribution in [2.24, 2.45) is 0 Å². The summed E-state index contributed by atoms with van der Waals surface area (Å²) >= 11 is 0. The predicted octanol–water partition coefficient (Wildman–Crippen LogP) is 4.48. The second-order valence-electron chi connectivity index (χ2n) is 7.18. The van der Waals surface area contributed by atoms with Gasteiger partial charge in [0.15, 0.2) is 0 Å².